The highest BCUT2D eigenvalue weighted by molar-refractivity contribution is 5.72. The first-order valence-electron chi connectivity index (χ1n) is 6.23. The van der Waals surface area contributed by atoms with Crippen LogP contribution in [-0.4, -0.2) is 25.7 Å². The summed E-state index contributed by atoms with van der Waals surface area (Å²) in [6.45, 7) is 7.67. The number of hydrogen-bond acceptors (Lipinski definition) is 3. The van der Waals surface area contributed by atoms with E-state index in [2.05, 4.69) is 26.1 Å². The second kappa shape index (κ2) is 5.67. The van der Waals surface area contributed by atoms with Crippen LogP contribution in [0.1, 0.15) is 46.5 Å². The van der Waals surface area contributed by atoms with E-state index >= 15 is 0 Å². The van der Waals surface area contributed by atoms with E-state index in [1.807, 2.05) is 0 Å². The van der Waals surface area contributed by atoms with Gasteiger partial charge < -0.3 is 10.1 Å². The van der Waals surface area contributed by atoms with Gasteiger partial charge in [0.2, 0.25) is 0 Å². The first-order valence-corrected chi connectivity index (χ1v) is 6.23. The van der Waals surface area contributed by atoms with Crippen molar-refractivity contribution in [3.05, 3.63) is 0 Å². The predicted molar refractivity (Wildman–Crippen MR) is 65.2 cm³/mol. The van der Waals surface area contributed by atoms with Crippen molar-refractivity contribution < 1.29 is 9.53 Å². The van der Waals surface area contributed by atoms with E-state index in [1.54, 1.807) is 0 Å². The summed E-state index contributed by atoms with van der Waals surface area (Å²) in [5, 5.41) is 3.56. The minimum atomic E-state index is -0.0396. The molecule has 1 rings (SSSR count). The van der Waals surface area contributed by atoms with Crippen molar-refractivity contribution in [1.29, 1.82) is 0 Å². The predicted octanol–water partition coefficient (Wildman–Crippen LogP) is 2.35. The van der Waals surface area contributed by atoms with E-state index < -0.39 is 0 Å². The highest BCUT2D eigenvalue weighted by Gasteiger charge is 2.28. The standard InChI is InChI=1S/C13H25NO2/c1-13(2,3)9-14-11-7-5-6-10(8-11)12(15)16-4/h10-11,14H,5-9H2,1-4H3/t10-,11+/m1/s1. The minimum absolute atomic E-state index is 0.0396. The Balaban J connectivity index is 2.36. The highest BCUT2D eigenvalue weighted by Crippen LogP contribution is 2.25. The van der Waals surface area contributed by atoms with Gasteiger partial charge in [-0.15, -0.1) is 0 Å². The van der Waals surface area contributed by atoms with Gasteiger partial charge in [0.05, 0.1) is 13.0 Å². The summed E-state index contributed by atoms with van der Waals surface area (Å²) in [7, 11) is 1.48. The Hall–Kier alpha value is -0.570. The molecule has 0 radical (unpaired) electrons. The molecule has 16 heavy (non-hydrogen) atoms. The second-order valence-corrected chi connectivity index (χ2v) is 6.03. The number of hydrogen-bond donors (Lipinski definition) is 1. The van der Waals surface area contributed by atoms with Crippen molar-refractivity contribution in [2.45, 2.75) is 52.5 Å². The molecule has 1 aliphatic rings. The molecule has 0 aliphatic heterocycles. The first kappa shape index (κ1) is 13.5. The van der Waals surface area contributed by atoms with Crippen LogP contribution in [-0.2, 0) is 9.53 Å². The van der Waals surface area contributed by atoms with E-state index in [1.165, 1.54) is 13.5 Å². The molecule has 0 saturated heterocycles. The summed E-state index contributed by atoms with van der Waals surface area (Å²) < 4.78 is 4.82. The average molecular weight is 227 g/mol. The van der Waals surface area contributed by atoms with E-state index in [0.717, 1.165) is 25.8 Å². The van der Waals surface area contributed by atoms with E-state index in [4.69, 9.17) is 4.74 Å². The van der Waals surface area contributed by atoms with Crippen LogP contribution in [0.15, 0.2) is 0 Å². The van der Waals surface area contributed by atoms with Gasteiger partial charge >= 0.3 is 5.97 Å². The van der Waals surface area contributed by atoms with E-state index in [9.17, 15) is 4.79 Å². The van der Waals surface area contributed by atoms with Crippen molar-refractivity contribution in [1.82, 2.24) is 5.32 Å². The lowest BCUT2D eigenvalue weighted by Crippen LogP contribution is -2.40. The molecule has 0 amide bonds. The molecular formula is C13H25NO2. The van der Waals surface area contributed by atoms with E-state index in [0.29, 0.717) is 11.5 Å². The molecule has 0 aromatic rings. The third kappa shape index (κ3) is 4.52. The summed E-state index contributed by atoms with van der Waals surface area (Å²) in [6, 6.07) is 0.483. The largest absolute Gasteiger partial charge is 0.469 e. The van der Waals surface area contributed by atoms with Gasteiger partial charge in [0, 0.05) is 12.6 Å². The van der Waals surface area contributed by atoms with Gasteiger partial charge in [0.15, 0.2) is 0 Å². The van der Waals surface area contributed by atoms with Crippen LogP contribution in [0.5, 0.6) is 0 Å². The molecule has 1 saturated carbocycles. The van der Waals surface area contributed by atoms with Crippen molar-refractivity contribution >= 4 is 5.97 Å². The van der Waals surface area contributed by atoms with Crippen LogP contribution in [0.3, 0.4) is 0 Å². The second-order valence-electron chi connectivity index (χ2n) is 6.03. The number of esters is 1. The molecule has 1 N–H and O–H groups in total. The molecule has 3 nitrogen and oxygen atoms in total. The topological polar surface area (TPSA) is 38.3 Å². The molecule has 1 fully saturated rings. The lowest BCUT2D eigenvalue weighted by Gasteiger charge is -2.30. The van der Waals surface area contributed by atoms with Gasteiger partial charge in [0.25, 0.3) is 0 Å². The van der Waals surface area contributed by atoms with Gasteiger partial charge in [-0.25, -0.2) is 0 Å². The van der Waals surface area contributed by atoms with Gasteiger partial charge in [-0.05, 0) is 24.7 Å². The Morgan fingerprint density at radius 2 is 2.06 bits per heavy atom. The van der Waals surface area contributed by atoms with Crippen LogP contribution in [0.2, 0.25) is 0 Å². The molecule has 0 aromatic heterocycles. The third-order valence-electron chi connectivity index (χ3n) is 3.13. The smallest absolute Gasteiger partial charge is 0.308 e. The molecule has 94 valence electrons. The number of nitrogens with one attached hydrogen (secondary N) is 1. The zero-order valence-corrected chi connectivity index (χ0v) is 11.0. The van der Waals surface area contributed by atoms with Crippen LogP contribution in [0, 0.1) is 11.3 Å². The molecule has 0 aromatic carbocycles. The van der Waals surface area contributed by atoms with Crippen LogP contribution in [0.4, 0.5) is 0 Å². The zero-order valence-electron chi connectivity index (χ0n) is 11.0. The Bertz CT molecular complexity index is 233. The number of ether oxygens (including phenoxy) is 1. The fourth-order valence-electron chi connectivity index (χ4n) is 2.21. The zero-order chi connectivity index (χ0) is 12.2. The molecule has 0 spiro atoms. The van der Waals surface area contributed by atoms with Crippen LogP contribution in [0.25, 0.3) is 0 Å². The Labute approximate surface area is 98.9 Å². The Morgan fingerprint density at radius 3 is 2.62 bits per heavy atom. The first-order chi connectivity index (χ1) is 7.42. The number of methoxy groups -OCH3 is 1. The molecule has 3 heteroatoms. The normalized spacial score (nSPS) is 26.5. The van der Waals surface area contributed by atoms with Gasteiger partial charge in [0.1, 0.15) is 0 Å². The fourth-order valence-corrected chi connectivity index (χ4v) is 2.21. The van der Waals surface area contributed by atoms with Gasteiger partial charge in [-0.1, -0.05) is 27.2 Å². The van der Waals surface area contributed by atoms with Gasteiger partial charge in [-0.3, -0.25) is 4.79 Å². The lowest BCUT2D eigenvalue weighted by molar-refractivity contribution is -0.146. The maximum absolute atomic E-state index is 11.5. The summed E-state index contributed by atoms with van der Waals surface area (Å²) in [5.74, 6) is 0.0680. The molecule has 0 bridgehead atoms. The fraction of sp³-hybridized carbons (Fsp3) is 0.923. The molecule has 0 unspecified atom stereocenters. The number of carbonyl (C=O) groups is 1. The highest BCUT2D eigenvalue weighted by atomic mass is 16.5. The monoisotopic (exact) mass is 227 g/mol. The molecule has 2 atom stereocenters. The number of rotatable bonds is 3. The van der Waals surface area contributed by atoms with Crippen LogP contribution >= 0.6 is 0 Å². The summed E-state index contributed by atoms with van der Waals surface area (Å²) in [5.41, 5.74) is 0.304. The summed E-state index contributed by atoms with van der Waals surface area (Å²) >= 11 is 0. The summed E-state index contributed by atoms with van der Waals surface area (Å²) in [6.07, 6.45) is 4.23. The van der Waals surface area contributed by atoms with Crippen molar-refractivity contribution in [3.63, 3.8) is 0 Å². The van der Waals surface area contributed by atoms with E-state index in [-0.39, 0.29) is 11.9 Å². The molecule has 0 heterocycles. The average Bonchev–Trinajstić information content (AvgIpc) is 2.25. The van der Waals surface area contributed by atoms with Crippen molar-refractivity contribution in [3.8, 4) is 0 Å². The summed E-state index contributed by atoms with van der Waals surface area (Å²) in [4.78, 5) is 11.5. The van der Waals surface area contributed by atoms with Crippen LogP contribution < -0.4 is 5.32 Å². The molecular weight excluding hydrogens is 202 g/mol. The maximum Gasteiger partial charge on any atom is 0.308 e. The lowest BCUT2D eigenvalue weighted by atomic mass is 9.85. The van der Waals surface area contributed by atoms with Crippen molar-refractivity contribution in [2.24, 2.45) is 11.3 Å². The third-order valence-corrected chi connectivity index (χ3v) is 3.13. The minimum Gasteiger partial charge on any atom is -0.469 e. The maximum atomic E-state index is 11.5. The SMILES string of the molecule is COC(=O)[C@@H]1CCC[C@H](NCC(C)(C)C)C1. The van der Waals surface area contributed by atoms with Gasteiger partial charge in [-0.2, -0.15) is 0 Å². The quantitative estimate of drug-likeness (QED) is 0.752. The Kier molecular flexibility index (Phi) is 4.78. The van der Waals surface area contributed by atoms with Crippen molar-refractivity contribution in [2.75, 3.05) is 13.7 Å². The number of carbonyl (C=O) groups excluding carboxylic acids is 1. The Morgan fingerprint density at radius 1 is 1.38 bits per heavy atom. The molecule has 1 aliphatic carbocycles.